The van der Waals surface area contributed by atoms with Crippen molar-refractivity contribution in [2.75, 3.05) is 0 Å². The molecule has 1 unspecified atom stereocenters. The highest BCUT2D eigenvalue weighted by atomic mass is 16.4. The highest BCUT2D eigenvalue weighted by Crippen LogP contribution is 2.40. The molecule has 0 amide bonds. The summed E-state index contributed by atoms with van der Waals surface area (Å²) in [5.41, 5.74) is 7.17. The predicted octanol–water partition coefficient (Wildman–Crippen LogP) is 1.80. The van der Waals surface area contributed by atoms with Crippen molar-refractivity contribution >= 4 is 5.97 Å². The summed E-state index contributed by atoms with van der Waals surface area (Å²) in [5.74, 6) is -0.537. The van der Waals surface area contributed by atoms with Crippen molar-refractivity contribution in [1.82, 2.24) is 0 Å². The van der Waals surface area contributed by atoms with Gasteiger partial charge in [0.05, 0.1) is 5.92 Å². The third-order valence-electron chi connectivity index (χ3n) is 3.22. The lowest BCUT2D eigenvalue weighted by atomic mass is 9.70. The van der Waals surface area contributed by atoms with Crippen LogP contribution in [0.15, 0.2) is 30.3 Å². The van der Waals surface area contributed by atoms with Gasteiger partial charge in [0.15, 0.2) is 0 Å². The minimum absolute atomic E-state index is 0.0122. The van der Waals surface area contributed by atoms with Crippen LogP contribution in [-0.4, -0.2) is 11.1 Å². The Hall–Kier alpha value is -1.35. The molecule has 0 saturated heterocycles. The van der Waals surface area contributed by atoms with Crippen molar-refractivity contribution in [1.29, 1.82) is 0 Å². The van der Waals surface area contributed by atoms with Crippen LogP contribution in [-0.2, 0) is 4.79 Å². The second-order valence-electron chi connectivity index (χ2n) is 4.20. The summed E-state index contributed by atoms with van der Waals surface area (Å²) in [5, 5.41) is 8.76. The zero-order valence-electron chi connectivity index (χ0n) is 8.47. The minimum Gasteiger partial charge on any atom is -0.481 e. The Kier molecular flexibility index (Phi) is 2.73. The van der Waals surface area contributed by atoms with Crippen LogP contribution in [0.4, 0.5) is 0 Å². The third-order valence-corrected chi connectivity index (χ3v) is 3.22. The number of carboxylic acid groups (broad SMARTS) is 1. The molecule has 2 rings (SSSR count). The number of rotatable bonds is 3. The Labute approximate surface area is 88.9 Å². The summed E-state index contributed by atoms with van der Waals surface area (Å²) < 4.78 is 0. The molecule has 0 radical (unpaired) electrons. The van der Waals surface area contributed by atoms with Gasteiger partial charge < -0.3 is 10.8 Å². The van der Waals surface area contributed by atoms with Crippen LogP contribution in [0.25, 0.3) is 0 Å². The quantitative estimate of drug-likeness (QED) is 0.790. The van der Waals surface area contributed by atoms with Gasteiger partial charge in [-0.15, -0.1) is 0 Å². The average Bonchev–Trinajstić information content (AvgIpc) is 2.16. The zero-order chi connectivity index (χ0) is 10.8. The van der Waals surface area contributed by atoms with Crippen LogP contribution in [0.3, 0.4) is 0 Å². The smallest absolute Gasteiger partial charge is 0.306 e. The van der Waals surface area contributed by atoms with E-state index < -0.39 is 5.97 Å². The summed E-state index contributed by atoms with van der Waals surface area (Å²) in [4.78, 5) is 10.6. The van der Waals surface area contributed by atoms with E-state index in [1.54, 1.807) is 0 Å². The van der Waals surface area contributed by atoms with Gasteiger partial charge >= 0.3 is 5.97 Å². The SMILES string of the molecule is NC(c1ccccc1)C1CC(C(=O)O)C1. The molecule has 1 saturated carbocycles. The molecular formula is C12H15NO2. The lowest BCUT2D eigenvalue weighted by Crippen LogP contribution is -2.37. The van der Waals surface area contributed by atoms with E-state index in [4.69, 9.17) is 10.8 Å². The van der Waals surface area contributed by atoms with Gasteiger partial charge in [-0.1, -0.05) is 30.3 Å². The largest absolute Gasteiger partial charge is 0.481 e. The molecule has 15 heavy (non-hydrogen) atoms. The molecule has 0 heterocycles. The van der Waals surface area contributed by atoms with Gasteiger partial charge in [0.25, 0.3) is 0 Å². The fourth-order valence-corrected chi connectivity index (χ4v) is 2.10. The second kappa shape index (κ2) is 4.03. The molecule has 1 aliphatic rings. The van der Waals surface area contributed by atoms with Gasteiger partial charge in [-0.2, -0.15) is 0 Å². The van der Waals surface area contributed by atoms with Crippen molar-refractivity contribution in [2.45, 2.75) is 18.9 Å². The van der Waals surface area contributed by atoms with Crippen LogP contribution < -0.4 is 5.73 Å². The molecule has 0 aromatic heterocycles. The lowest BCUT2D eigenvalue weighted by Gasteiger charge is -2.36. The van der Waals surface area contributed by atoms with Crippen molar-refractivity contribution in [2.24, 2.45) is 17.6 Å². The van der Waals surface area contributed by atoms with Gasteiger partial charge in [0.1, 0.15) is 0 Å². The Bertz CT molecular complexity index is 344. The first-order valence-corrected chi connectivity index (χ1v) is 5.22. The van der Waals surface area contributed by atoms with Crippen molar-refractivity contribution in [3.63, 3.8) is 0 Å². The number of aliphatic carboxylic acids is 1. The van der Waals surface area contributed by atoms with Crippen LogP contribution in [0, 0.1) is 11.8 Å². The first kappa shape index (κ1) is 10.2. The van der Waals surface area contributed by atoms with E-state index in [-0.39, 0.29) is 12.0 Å². The van der Waals surface area contributed by atoms with Gasteiger partial charge in [-0.25, -0.2) is 0 Å². The van der Waals surface area contributed by atoms with E-state index >= 15 is 0 Å². The van der Waals surface area contributed by atoms with E-state index in [2.05, 4.69) is 0 Å². The number of carboxylic acids is 1. The molecule has 1 aliphatic carbocycles. The first-order chi connectivity index (χ1) is 7.18. The van der Waals surface area contributed by atoms with Crippen molar-refractivity contribution < 1.29 is 9.90 Å². The minimum atomic E-state index is -0.688. The second-order valence-corrected chi connectivity index (χ2v) is 4.20. The van der Waals surface area contributed by atoms with Gasteiger partial charge in [-0.05, 0) is 24.3 Å². The Morgan fingerprint density at radius 3 is 2.47 bits per heavy atom. The summed E-state index contributed by atoms with van der Waals surface area (Å²) in [6, 6.07) is 9.86. The fraction of sp³-hybridized carbons (Fsp3) is 0.417. The number of benzene rings is 1. The number of nitrogens with two attached hydrogens (primary N) is 1. The number of hydrogen-bond donors (Lipinski definition) is 2. The molecule has 0 spiro atoms. The standard InChI is InChI=1S/C12H15NO2/c13-11(8-4-2-1-3-5-8)9-6-10(7-9)12(14)15/h1-5,9-11H,6-7,13H2,(H,14,15). The normalized spacial score (nSPS) is 26.7. The maximum Gasteiger partial charge on any atom is 0.306 e. The Morgan fingerprint density at radius 1 is 1.33 bits per heavy atom. The molecular weight excluding hydrogens is 190 g/mol. The molecule has 3 N–H and O–H groups in total. The van der Waals surface area contributed by atoms with Crippen LogP contribution in [0.1, 0.15) is 24.4 Å². The van der Waals surface area contributed by atoms with E-state index in [0.717, 1.165) is 5.56 Å². The van der Waals surface area contributed by atoms with Crippen LogP contribution in [0.2, 0.25) is 0 Å². The van der Waals surface area contributed by atoms with Crippen molar-refractivity contribution in [3.05, 3.63) is 35.9 Å². The van der Waals surface area contributed by atoms with E-state index in [9.17, 15) is 4.79 Å². The molecule has 1 fully saturated rings. The van der Waals surface area contributed by atoms with E-state index in [0.29, 0.717) is 18.8 Å². The maximum absolute atomic E-state index is 10.6. The maximum atomic E-state index is 10.6. The molecule has 1 aromatic rings. The first-order valence-electron chi connectivity index (χ1n) is 5.22. The Balaban J connectivity index is 1.95. The molecule has 0 aliphatic heterocycles. The Morgan fingerprint density at radius 2 is 1.93 bits per heavy atom. The van der Waals surface area contributed by atoms with E-state index in [1.807, 2.05) is 30.3 Å². The highest BCUT2D eigenvalue weighted by Gasteiger charge is 2.38. The fourth-order valence-electron chi connectivity index (χ4n) is 2.10. The lowest BCUT2D eigenvalue weighted by molar-refractivity contribution is -0.146. The molecule has 0 bridgehead atoms. The third kappa shape index (κ3) is 2.02. The monoisotopic (exact) mass is 205 g/mol. The molecule has 1 aromatic carbocycles. The molecule has 3 nitrogen and oxygen atoms in total. The predicted molar refractivity (Wildman–Crippen MR) is 57.2 cm³/mol. The van der Waals surface area contributed by atoms with E-state index in [1.165, 1.54) is 0 Å². The van der Waals surface area contributed by atoms with Gasteiger partial charge in [0, 0.05) is 6.04 Å². The highest BCUT2D eigenvalue weighted by molar-refractivity contribution is 5.71. The summed E-state index contributed by atoms with van der Waals surface area (Å²) in [7, 11) is 0. The van der Waals surface area contributed by atoms with Crippen LogP contribution >= 0.6 is 0 Å². The number of hydrogen-bond acceptors (Lipinski definition) is 2. The average molecular weight is 205 g/mol. The molecule has 1 atom stereocenters. The summed E-state index contributed by atoms with van der Waals surface area (Å²) in [6.45, 7) is 0. The van der Waals surface area contributed by atoms with Gasteiger partial charge in [-0.3, -0.25) is 4.79 Å². The topological polar surface area (TPSA) is 63.3 Å². The van der Waals surface area contributed by atoms with Crippen molar-refractivity contribution in [3.8, 4) is 0 Å². The summed E-state index contributed by atoms with van der Waals surface area (Å²) in [6.07, 6.45) is 1.43. The van der Waals surface area contributed by atoms with Crippen LogP contribution in [0.5, 0.6) is 0 Å². The zero-order valence-corrected chi connectivity index (χ0v) is 8.47. The summed E-state index contributed by atoms with van der Waals surface area (Å²) >= 11 is 0. The molecule has 3 heteroatoms. The number of carbonyl (C=O) groups is 1. The molecule has 80 valence electrons. The van der Waals surface area contributed by atoms with Gasteiger partial charge in [0.2, 0.25) is 0 Å².